The zero-order chi connectivity index (χ0) is 22.7. The van der Waals surface area contributed by atoms with Crippen LogP contribution in [0.1, 0.15) is 23.7 Å². The van der Waals surface area contributed by atoms with Crippen LogP contribution in [0.25, 0.3) is 22.2 Å². The molecule has 2 N–H and O–H groups in total. The molecule has 0 spiro atoms. The largest absolute Gasteiger partial charge is 0.449 e. The van der Waals surface area contributed by atoms with E-state index in [-0.39, 0.29) is 17.9 Å². The number of halogens is 1. The molecule has 2 aromatic heterocycles. The molecule has 1 aliphatic rings. The number of nitrogen functional groups attached to an aromatic ring is 1. The lowest BCUT2D eigenvalue weighted by Gasteiger charge is -2.34. The summed E-state index contributed by atoms with van der Waals surface area (Å²) in [6.45, 7) is 4.10. The number of rotatable bonds is 4. The van der Waals surface area contributed by atoms with Gasteiger partial charge in [-0.05, 0) is 24.6 Å². The first-order valence-corrected chi connectivity index (χ1v) is 10.7. The molecule has 0 radical (unpaired) electrons. The Balaban J connectivity index is 1.52. The standard InChI is InChI=1S/C22H23ClN6O3/c1-2-9-32-22(31)29-7-5-28(6-8-29)20(30)14-3-4-16-17(23)11-18(27-19(16)10-14)15-12-25-21(24)26-13-15/h3-4,10-13H,2,5-9H2,1H3,(H2,24,25,26). The number of pyridine rings is 1. The molecule has 0 aliphatic carbocycles. The van der Waals surface area contributed by atoms with Crippen molar-refractivity contribution in [1.29, 1.82) is 0 Å². The third-order valence-electron chi connectivity index (χ3n) is 5.23. The molecule has 3 aromatic rings. The van der Waals surface area contributed by atoms with Crippen LogP contribution in [0.4, 0.5) is 10.7 Å². The highest BCUT2D eigenvalue weighted by Gasteiger charge is 2.26. The smallest absolute Gasteiger partial charge is 0.409 e. The Morgan fingerprint density at radius 1 is 1.09 bits per heavy atom. The van der Waals surface area contributed by atoms with E-state index in [1.54, 1.807) is 46.5 Å². The van der Waals surface area contributed by atoms with Crippen molar-refractivity contribution >= 4 is 40.5 Å². The average Bonchev–Trinajstić information content (AvgIpc) is 2.82. The van der Waals surface area contributed by atoms with Gasteiger partial charge in [0, 0.05) is 55.1 Å². The van der Waals surface area contributed by atoms with E-state index in [4.69, 9.17) is 22.1 Å². The Morgan fingerprint density at radius 2 is 1.78 bits per heavy atom. The molecule has 166 valence electrons. The summed E-state index contributed by atoms with van der Waals surface area (Å²) in [7, 11) is 0. The Morgan fingerprint density at radius 3 is 2.47 bits per heavy atom. The molecular weight excluding hydrogens is 432 g/mol. The minimum atomic E-state index is -0.331. The van der Waals surface area contributed by atoms with Gasteiger partial charge in [-0.15, -0.1) is 0 Å². The molecule has 0 atom stereocenters. The number of amides is 2. The Labute approximate surface area is 190 Å². The first-order valence-electron chi connectivity index (χ1n) is 10.4. The molecule has 4 rings (SSSR count). The van der Waals surface area contributed by atoms with Crippen LogP contribution in [0.2, 0.25) is 5.02 Å². The predicted octanol–water partition coefficient (Wildman–Crippen LogP) is 3.23. The van der Waals surface area contributed by atoms with Crippen molar-refractivity contribution in [2.75, 3.05) is 38.5 Å². The van der Waals surface area contributed by atoms with E-state index in [2.05, 4.69) is 15.0 Å². The second-order valence-corrected chi connectivity index (χ2v) is 7.85. The number of anilines is 1. The van der Waals surface area contributed by atoms with Crippen molar-refractivity contribution in [1.82, 2.24) is 24.8 Å². The summed E-state index contributed by atoms with van der Waals surface area (Å²) in [5.74, 6) is 0.0554. The molecule has 3 heterocycles. The highest BCUT2D eigenvalue weighted by atomic mass is 35.5. The minimum Gasteiger partial charge on any atom is -0.449 e. The maximum atomic E-state index is 13.1. The summed E-state index contributed by atoms with van der Waals surface area (Å²) < 4.78 is 5.17. The first-order chi connectivity index (χ1) is 15.5. The number of nitrogens with zero attached hydrogens (tertiary/aromatic N) is 5. The minimum absolute atomic E-state index is 0.118. The number of piperazine rings is 1. The third-order valence-corrected chi connectivity index (χ3v) is 5.54. The number of ether oxygens (including phenoxy) is 1. The van der Waals surface area contributed by atoms with Gasteiger partial charge in [0.2, 0.25) is 5.95 Å². The van der Waals surface area contributed by atoms with Crippen LogP contribution >= 0.6 is 11.6 Å². The number of carbonyl (C=O) groups excluding carboxylic acids is 2. The van der Waals surface area contributed by atoms with Crippen LogP contribution < -0.4 is 5.73 Å². The molecule has 1 saturated heterocycles. The van der Waals surface area contributed by atoms with Crippen LogP contribution in [0.15, 0.2) is 36.7 Å². The number of aromatic nitrogens is 3. The van der Waals surface area contributed by atoms with Crippen molar-refractivity contribution in [2.24, 2.45) is 0 Å². The van der Waals surface area contributed by atoms with E-state index >= 15 is 0 Å². The van der Waals surface area contributed by atoms with E-state index in [0.29, 0.717) is 60.1 Å². The van der Waals surface area contributed by atoms with Crippen molar-refractivity contribution in [3.63, 3.8) is 0 Å². The molecular formula is C22H23ClN6O3. The molecule has 2 amide bonds. The van der Waals surface area contributed by atoms with Crippen LogP contribution in [0.5, 0.6) is 0 Å². The third kappa shape index (κ3) is 4.57. The highest BCUT2D eigenvalue weighted by molar-refractivity contribution is 6.35. The Bertz CT molecular complexity index is 1150. The molecule has 1 aromatic carbocycles. The van der Waals surface area contributed by atoms with Gasteiger partial charge in [0.1, 0.15) is 0 Å². The number of fused-ring (bicyclic) bond motifs is 1. The average molecular weight is 455 g/mol. The van der Waals surface area contributed by atoms with Gasteiger partial charge in [0.05, 0.1) is 22.8 Å². The highest BCUT2D eigenvalue weighted by Crippen LogP contribution is 2.28. The summed E-state index contributed by atoms with van der Waals surface area (Å²) in [6.07, 6.45) is 3.60. The second kappa shape index (κ2) is 9.35. The van der Waals surface area contributed by atoms with Crippen LogP contribution in [0, 0.1) is 0 Å². The van der Waals surface area contributed by atoms with Gasteiger partial charge in [-0.25, -0.2) is 19.7 Å². The normalized spacial score (nSPS) is 13.9. The Hall–Kier alpha value is -3.46. The number of hydrogen-bond acceptors (Lipinski definition) is 7. The molecule has 9 nitrogen and oxygen atoms in total. The topological polar surface area (TPSA) is 115 Å². The number of hydrogen-bond donors (Lipinski definition) is 1. The lowest BCUT2D eigenvalue weighted by molar-refractivity contribution is 0.0560. The van der Waals surface area contributed by atoms with E-state index in [1.807, 2.05) is 6.92 Å². The van der Waals surface area contributed by atoms with Crippen LogP contribution in [0.3, 0.4) is 0 Å². The maximum Gasteiger partial charge on any atom is 0.409 e. The van der Waals surface area contributed by atoms with Gasteiger partial charge in [0.25, 0.3) is 5.91 Å². The van der Waals surface area contributed by atoms with Gasteiger partial charge < -0.3 is 20.3 Å². The summed E-state index contributed by atoms with van der Waals surface area (Å²) >= 11 is 6.46. The van der Waals surface area contributed by atoms with E-state index in [9.17, 15) is 9.59 Å². The second-order valence-electron chi connectivity index (χ2n) is 7.44. The zero-order valence-corrected chi connectivity index (χ0v) is 18.4. The maximum absolute atomic E-state index is 13.1. The number of carbonyl (C=O) groups is 2. The molecule has 32 heavy (non-hydrogen) atoms. The Kier molecular flexibility index (Phi) is 6.36. The van der Waals surface area contributed by atoms with Gasteiger partial charge in [0.15, 0.2) is 0 Å². The van der Waals surface area contributed by atoms with Gasteiger partial charge in [-0.1, -0.05) is 24.6 Å². The van der Waals surface area contributed by atoms with E-state index in [1.165, 1.54) is 0 Å². The molecule has 0 bridgehead atoms. The molecule has 0 saturated carbocycles. The molecule has 0 unspecified atom stereocenters. The SMILES string of the molecule is CCCOC(=O)N1CCN(C(=O)c2ccc3c(Cl)cc(-c4cnc(N)nc4)nc3c2)CC1. The fraction of sp³-hybridized carbons (Fsp3) is 0.318. The summed E-state index contributed by atoms with van der Waals surface area (Å²) in [5, 5.41) is 1.26. The van der Waals surface area contributed by atoms with Crippen molar-refractivity contribution in [3.8, 4) is 11.3 Å². The lowest BCUT2D eigenvalue weighted by Crippen LogP contribution is -2.50. The summed E-state index contributed by atoms with van der Waals surface area (Å²) in [5.41, 5.74) is 7.92. The molecule has 1 aliphatic heterocycles. The first kappa shape index (κ1) is 21.8. The monoisotopic (exact) mass is 454 g/mol. The van der Waals surface area contributed by atoms with Gasteiger partial charge >= 0.3 is 6.09 Å². The predicted molar refractivity (Wildman–Crippen MR) is 121 cm³/mol. The van der Waals surface area contributed by atoms with Crippen molar-refractivity contribution < 1.29 is 14.3 Å². The van der Waals surface area contributed by atoms with E-state index in [0.717, 1.165) is 11.8 Å². The van der Waals surface area contributed by atoms with Gasteiger partial charge in [-0.3, -0.25) is 4.79 Å². The molecule has 1 fully saturated rings. The lowest BCUT2D eigenvalue weighted by atomic mass is 10.1. The summed E-state index contributed by atoms with van der Waals surface area (Å²) in [6, 6.07) is 7.00. The molecule has 10 heteroatoms. The van der Waals surface area contributed by atoms with Gasteiger partial charge in [-0.2, -0.15) is 0 Å². The number of nitrogens with two attached hydrogens (primary N) is 1. The zero-order valence-electron chi connectivity index (χ0n) is 17.6. The summed E-state index contributed by atoms with van der Waals surface area (Å²) in [4.78, 5) is 41.1. The number of benzene rings is 1. The van der Waals surface area contributed by atoms with Crippen LogP contribution in [-0.4, -0.2) is 69.5 Å². The fourth-order valence-electron chi connectivity index (χ4n) is 3.49. The van der Waals surface area contributed by atoms with Crippen molar-refractivity contribution in [2.45, 2.75) is 13.3 Å². The van der Waals surface area contributed by atoms with E-state index < -0.39 is 0 Å². The quantitative estimate of drug-likeness (QED) is 0.643. The van der Waals surface area contributed by atoms with Crippen LogP contribution in [-0.2, 0) is 4.74 Å². The van der Waals surface area contributed by atoms with Crippen molar-refractivity contribution in [3.05, 3.63) is 47.2 Å². The fourth-order valence-corrected chi connectivity index (χ4v) is 3.76.